The van der Waals surface area contributed by atoms with Crippen molar-refractivity contribution in [1.29, 1.82) is 0 Å². The van der Waals surface area contributed by atoms with Gasteiger partial charge in [-0.1, -0.05) is 0 Å². The molecule has 0 radical (unpaired) electrons. The smallest absolute Gasteiger partial charge is 0.455 e. The zero-order valence-corrected chi connectivity index (χ0v) is 42.8. The van der Waals surface area contributed by atoms with E-state index >= 15 is 0 Å². The van der Waals surface area contributed by atoms with Gasteiger partial charge in [-0.3, -0.25) is 28.8 Å². The molecule has 12 rings (SSSR count). The molecule has 12 N–H and O–H groups in total. The van der Waals surface area contributed by atoms with Gasteiger partial charge in [0.15, 0.2) is 67.3 Å². The average Bonchev–Trinajstić information content (AvgIpc) is 4.28. The van der Waals surface area contributed by atoms with E-state index in [2.05, 4.69) is 40.3 Å². The van der Waals surface area contributed by atoms with Crippen LogP contribution in [0.5, 0.6) is 0 Å². The summed E-state index contributed by atoms with van der Waals surface area (Å²) in [5.41, 5.74) is 20.3. The van der Waals surface area contributed by atoms with Gasteiger partial charge in [-0.25, -0.2) is 43.5 Å². The van der Waals surface area contributed by atoms with E-state index in [1.54, 1.807) is 20.8 Å². The van der Waals surface area contributed by atoms with Gasteiger partial charge in [-0.05, 0) is 27.7 Å². The number of aliphatic hydroxyl groups excluding tert-OH is 4. The number of nitrogens with two attached hydrogens (primary N) is 4. The van der Waals surface area contributed by atoms with Crippen LogP contribution in [-0.2, 0) is 66.4 Å². The van der Waals surface area contributed by atoms with Crippen LogP contribution in [0.3, 0.4) is 0 Å². The molecule has 18 atom stereocenters. The molecule has 12 heterocycles. The summed E-state index contributed by atoms with van der Waals surface area (Å²) in [5.74, 6) is -7.08. The summed E-state index contributed by atoms with van der Waals surface area (Å²) < 4.78 is 70.2. The van der Waals surface area contributed by atoms with E-state index in [1.165, 1.54) is 46.3 Å². The highest BCUT2D eigenvalue weighted by molar-refractivity contribution is 5.95. The minimum absolute atomic E-state index is 0.0976. The van der Waals surface area contributed by atoms with Gasteiger partial charge in [-0.2, -0.15) is 0 Å². The number of hydrogen-bond donors (Lipinski definition) is 8. The first kappa shape index (κ1) is 57.8. The van der Waals surface area contributed by atoms with E-state index in [0.29, 0.717) is 0 Å². The average molecular weight is 1150 g/mol. The van der Waals surface area contributed by atoms with E-state index in [9.17, 15) is 48.9 Å². The summed E-state index contributed by atoms with van der Waals surface area (Å²) in [5, 5.41) is 52.8. The van der Waals surface area contributed by atoms with Gasteiger partial charge in [0.2, 0.25) is 23.3 Å². The van der Waals surface area contributed by atoms with Crippen molar-refractivity contribution in [1.82, 2.24) is 59.1 Å². The summed E-state index contributed by atoms with van der Waals surface area (Å²) in [4.78, 5) is 93.8. The molecule has 4 aromatic heterocycles. The van der Waals surface area contributed by atoms with E-state index in [4.69, 9.17) is 84.9 Å². The van der Waals surface area contributed by atoms with Gasteiger partial charge < -0.3 is 100 Å². The maximum Gasteiger partial charge on any atom is 0.509 e. The number of hydrogen-bond acceptors (Lipinski definition) is 31. The minimum Gasteiger partial charge on any atom is -0.455 e. The Morgan fingerprint density at radius 2 is 0.765 bits per heavy atom. The van der Waals surface area contributed by atoms with Crippen LogP contribution in [0.15, 0.2) is 25.3 Å². The fourth-order valence-electron chi connectivity index (χ4n) is 9.40. The van der Waals surface area contributed by atoms with Crippen LogP contribution in [0.4, 0.5) is 4.79 Å². The molecule has 0 spiro atoms. The second kappa shape index (κ2) is 23.3. The molecule has 81 heavy (non-hydrogen) atoms. The number of amides is 4. The number of rotatable bonds is 12. The van der Waals surface area contributed by atoms with E-state index in [1.807, 2.05) is 0 Å². The molecule has 8 aliphatic rings. The van der Waals surface area contributed by atoms with Gasteiger partial charge in [0, 0.05) is 0 Å². The monoisotopic (exact) mass is 1150 g/mol. The minimum atomic E-state index is -1.09. The first-order chi connectivity index (χ1) is 38.5. The third-order valence-electron chi connectivity index (χ3n) is 13.0. The Hall–Kier alpha value is -7.83. The maximum absolute atomic E-state index is 11.9. The number of fused-ring (bicyclic) bond motifs is 4. The normalized spacial score (nSPS) is 34.7. The molecular weight excluding hydrogens is 1100 g/mol. The first-order valence-electron chi connectivity index (χ1n) is 24.4. The van der Waals surface area contributed by atoms with Crippen LogP contribution >= 0.6 is 0 Å². The molecule has 4 amide bonds. The predicted octanol–water partition coefficient (Wildman–Crippen LogP) is -6.91. The summed E-state index contributed by atoms with van der Waals surface area (Å²) >= 11 is 0. The molecule has 8 fully saturated rings. The van der Waals surface area contributed by atoms with Crippen LogP contribution in [0.2, 0.25) is 0 Å². The Balaban J connectivity index is 0.000000131. The molecular formula is C42H54N16O23. The fraction of sp³-hybridized carbons (Fsp3) is 0.643. The molecule has 440 valence electrons. The lowest BCUT2D eigenvalue weighted by molar-refractivity contribution is -0.201. The van der Waals surface area contributed by atoms with Crippen LogP contribution < -0.4 is 22.9 Å². The molecule has 0 aromatic carbocycles. The van der Waals surface area contributed by atoms with Gasteiger partial charge in [0.25, 0.3) is 23.6 Å². The topological polar surface area (TPSA) is 538 Å². The Morgan fingerprint density at radius 3 is 1.16 bits per heavy atom. The summed E-state index contributed by atoms with van der Waals surface area (Å²) in [6, 6.07) is 0. The van der Waals surface area contributed by atoms with Crippen LogP contribution in [-0.4, -0.2) is 233 Å². The Kier molecular flexibility index (Phi) is 16.7. The maximum atomic E-state index is 11.9. The lowest BCUT2D eigenvalue weighted by atomic mass is 10.1. The van der Waals surface area contributed by atoms with Crippen molar-refractivity contribution in [3.05, 3.63) is 48.6 Å². The molecule has 8 aliphatic heterocycles. The molecule has 8 saturated heterocycles. The number of aromatic nitrogens is 12. The van der Waals surface area contributed by atoms with E-state index in [-0.39, 0.29) is 55.5 Å². The van der Waals surface area contributed by atoms with Crippen molar-refractivity contribution in [3.8, 4) is 0 Å². The molecule has 39 nitrogen and oxygen atoms in total. The molecule has 0 aliphatic carbocycles. The molecule has 0 saturated carbocycles. The van der Waals surface area contributed by atoms with Crippen molar-refractivity contribution in [2.45, 2.75) is 138 Å². The van der Waals surface area contributed by atoms with Crippen LogP contribution in [0.1, 0.15) is 95.1 Å². The fourth-order valence-corrected chi connectivity index (χ4v) is 9.40. The van der Waals surface area contributed by atoms with Gasteiger partial charge in [-0.15, -0.1) is 20.4 Å². The molecule has 0 bridgehead atoms. The Bertz CT molecular complexity index is 2990. The lowest BCUT2D eigenvalue weighted by Crippen LogP contribution is -2.37. The predicted molar refractivity (Wildman–Crippen MR) is 245 cm³/mol. The molecule has 10 unspecified atom stereocenters. The number of carbonyl (C=O) groups excluding carboxylic acids is 7. The highest BCUT2D eigenvalue weighted by Gasteiger charge is 2.58. The zero-order chi connectivity index (χ0) is 58.4. The number of ether oxygens (including phenoxy) is 12. The number of aliphatic hydroxyl groups is 4. The lowest BCUT2D eigenvalue weighted by Gasteiger charge is -2.23. The van der Waals surface area contributed by atoms with Crippen molar-refractivity contribution in [2.75, 3.05) is 26.4 Å². The van der Waals surface area contributed by atoms with Crippen molar-refractivity contribution in [3.63, 3.8) is 0 Å². The Morgan fingerprint density at radius 1 is 0.457 bits per heavy atom. The van der Waals surface area contributed by atoms with Gasteiger partial charge >= 0.3 is 18.1 Å². The third-order valence-corrected chi connectivity index (χ3v) is 13.0. The van der Waals surface area contributed by atoms with Crippen molar-refractivity contribution in [2.24, 2.45) is 28.9 Å². The number of primary amides is 4. The number of nitrogens with zero attached hydrogens (tertiary/aromatic N) is 12. The highest BCUT2D eigenvalue weighted by atomic mass is 16.8. The summed E-state index contributed by atoms with van der Waals surface area (Å²) in [7, 11) is 0. The Labute approximate surface area is 452 Å². The largest absolute Gasteiger partial charge is 0.509 e. The molecule has 4 aromatic rings. The summed E-state index contributed by atoms with van der Waals surface area (Å²) in [6.07, 6.45) is -6.97. The zero-order valence-electron chi connectivity index (χ0n) is 42.8. The van der Waals surface area contributed by atoms with Crippen LogP contribution in [0.25, 0.3) is 0 Å². The van der Waals surface area contributed by atoms with Crippen molar-refractivity contribution >= 4 is 41.7 Å². The quantitative estimate of drug-likeness (QED) is 0.0371. The third kappa shape index (κ3) is 11.7. The van der Waals surface area contributed by atoms with E-state index in [0.717, 1.165) is 4.68 Å². The standard InChI is InChI=1S/C12H14N4O7.C11H16N4O5.C10H14N4O5.C9H10N4O6/c1-4-11(19)22-6-5(2-17)21-10(7(6)23-12(4)20)16-3-14-9(15-16)8(13)18;1-11(2)19-6-5(3-16)18-10(7(6)20-11)15-4-13-9(14-15)8(12)17;1-4-17-6-5(2-15)19-10(7(6)18-4)14-3-12-9(13-14)8(11)16;10-6(15)7-11-2-13(12-7)8-5-4(3(1-14)17-8)18-9(16)19-5/h3-7,10,17H,2H2,1H3,(H2,13,18);4-7,10,16H,3H2,1-2H3,(H2,12,17);3-7,10,15H,2H2,1H3,(H2,11,16);2-5,8,14H,1H2,(H2,10,15)/t4?,5-,6?,7?,10-;5-,6?,7?,10-;4?,5-,6?,7?,10-;3-,4?,5?,8-/m1111/s1. The van der Waals surface area contributed by atoms with Gasteiger partial charge in [0.05, 0.1) is 26.4 Å². The second-order valence-electron chi connectivity index (χ2n) is 18.9. The van der Waals surface area contributed by atoms with Crippen molar-refractivity contribution < 1.29 is 111 Å². The SMILES string of the molecule is CC1(C)OC2C(O1)[C@@H](CO)O[C@H]2n1cnc(C(N)=O)n1.CC1C(=O)OC2C(OC1=O)[C@@H](CO)O[C@H]2n1cnc(C(N)=O)n1.CC1OC2C(O1)[C@@H](CO)O[C@H]2n1cnc(C(N)=O)n1.NC(=O)c1ncn([C@@H]2O[C@H](CO)C3OC(=O)OC32)n1. The first-order valence-corrected chi connectivity index (χ1v) is 24.4. The van der Waals surface area contributed by atoms with Crippen LogP contribution in [0, 0.1) is 5.92 Å². The molecule has 39 heteroatoms. The van der Waals surface area contributed by atoms with Gasteiger partial charge in [0.1, 0.15) is 74.1 Å². The van der Waals surface area contributed by atoms with E-state index < -0.39 is 152 Å². The number of esters is 2. The second-order valence-corrected chi connectivity index (χ2v) is 18.9. The number of carbonyl (C=O) groups is 7. The highest BCUT2D eigenvalue weighted by Crippen LogP contribution is 2.43. The summed E-state index contributed by atoms with van der Waals surface area (Å²) in [6.45, 7) is 5.50.